The molecule has 0 aliphatic rings. The molecule has 0 aromatic rings. The number of nitrogens with zero attached hydrogens (tertiary/aromatic N) is 2. The van der Waals surface area contributed by atoms with Gasteiger partial charge in [-0.1, -0.05) is 0 Å². The Bertz CT molecular complexity index is 139. The van der Waals surface area contributed by atoms with Crippen LogP contribution in [0, 0.1) is 0 Å². The van der Waals surface area contributed by atoms with Crippen molar-refractivity contribution in [3.8, 4) is 0 Å². The molecule has 0 bridgehead atoms. The first-order chi connectivity index (χ1) is 5.14. The maximum atomic E-state index is 2.48. The second-order valence-electron chi connectivity index (χ2n) is 5.06. The van der Waals surface area contributed by atoms with Gasteiger partial charge < -0.3 is 0 Å². The molecule has 0 radical (unpaired) electrons. The van der Waals surface area contributed by atoms with E-state index >= 15 is 0 Å². The van der Waals surface area contributed by atoms with Gasteiger partial charge in [0.1, 0.15) is 0 Å². The van der Waals surface area contributed by atoms with Crippen LogP contribution < -0.4 is 0 Å². The zero-order valence-corrected chi connectivity index (χ0v) is 12.7. The van der Waals surface area contributed by atoms with Gasteiger partial charge in [0.15, 0.2) is 0 Å². The van der Waals surface area contributed by atoms with E-state index in [4.69, 9.17) is 0 Å². The Kier molecular flexibility index (Phi) is 4.07. The fourth-order valence-electron chi connectivity index (χ4n) is 1.74. The van der Waals surface area contributed by atoms with Gasteiger partial charge >= 0.3 is 82.5 Å². The van der Waals surface area contributed by atoms with Crippen LogP contribution >= 0.6 is 0 Å². The van der Waals surface area contributed by atoms with Gasteiger partial charge in [-0.25, -0.2) is 0 Å². The first-order valence-electron chi connectivity index (χ1n) is 4.49. The van der Waals surface area contributed by atoms with Gasteiger partial charge in [-0.3, -0.25) is 0 Å². The van der Waals surface area contributed by atoms with Crippen LogP contribution in [-0.4, -0.2) is 53.4 Å². The fourth-order valence-corrected chi connectivity index (χ4v) is 11.7. The molecule has 0 aromatic heterocycles. The summed E-state index contributed by atoms with van der Waals surface area (Å²) in [4.78, 5) is 2.48. The van der Waals surface area contributed by atoms with Gasteiger partial charge in [0.25, 0.3) is 0 Å². The predicted molar refractivity (Wildman–Crippen MR) is 58.7 cm³/mol. The second-order valence-corrected chi connectivity index (χ2v) is 20.3. The van der Waals surface area contributed by atoms with E-state index in [-0.39, 0.29) is 0 Å². The molecule has 0 unspecified atom stereocenters. The van der Waals surface area contributed by atoms with Crippen molar-refractivity contribution in [3.63, 3.8) is 0 Å². The van der Waals surface area contributed by atoms with E-state index in [2.05, 4.69) is 60.1 Å². The summed E-state index contributed by atoms with van der Waals surface area (Å²) in [5, 5.41) is 0. The van der Waals surface area contributed by atoms with Crippen LogP contribution in [-0.2, 0) is 0 Å². The van der Waals surface area contributed by atoms with Crippen LogP contribution in [0.5, 0.6) is 0 Å². The molecule has 0 fully saturated rings. The number of hydrogen-bond donors (Lipinski definition) is 0. The quantitative estimate of drug-likeness (QED) is 0.713. The SMILES string of the molecule is C[N](C)[Sn]([CH3])([N](C)C)[C](C)(C)C. The van der Waals surface area contributed by atoms with Crippen molar-refractivity contribution in [2.75, 3.05) is 28.2 Å². The predicted octanol–water partition coefficient (Wildman–Crippen LogP) is 1.98. The molecular formula is C9H24N2Sn. The molecule has 0 aliphatic carbocycles. The molecular weight excluding hydrogens is 255 g/mol. The molecule has 74 valence electrons. The summed E-state index contributed by atoms with van der Waals surface area (Å²) in [6.45, 7) is 7.09. The van der Waals surface area contributed by atoms with E-state index in [9.17, 15) is 0 Å². The Morgan fingerprint density at radius 1 is 0.833 bits per heavy atom. The molecule has 2 nitrogen and oxygen atoms in total. The molecule has 0 saturated heterocycles. The Morgan fingerprint density at radius 2 is 1.08 bits per heavy atom. The number of rotatable bonds is 2. The summed E-state index contributed by atoms with van der Waals surface area (Å²) in [6, 6.07) is 0. The second kappa shape index (κ2) is 3.84. The standard InChI is InChI=1S/C4H9.2C2H6N.CH3.Sn/c1-4(2)3;2*1-3-2;;/h1-3H3;2*1-2H3;1H3;/q;2*-1;;+2. The normalized spacial score (nSPS) is 14.5. The van der Waals surface area contributed by atoms with Crippen LogP contribution in [0.3, 0.4) is 0 Å². The van der Waals surface area contributed by atoms with Gasteiger partial charge in [0.2, 0.25) is 0 Å². The first kappa shape index (κ1) is 12.7. The molecule has 12 heavy (non-hydrogen) atoms. The zero-order chi connectivity index (χ0) is 10.2. The molecule has 0 saturated carbocycles. The Morgan fingerprint density at radius 3 is 1.08 bits per heavy atom. The molecule has 0 amide bonds. The van der Waals surface area contributed by atoms with E-state index < -0.39 is 18.9 Å². The summed E-state index contributed by atoms with van der Waals surface area (Å²) in [6.07, 6.45) is 0. The third kappa shape index (κ3) is 2.15. The van der Waals surface area contributed by atoms with Crippen molar-refractivity contribution in [1.82, 2.24) is 6.24 Å². The van der Waals surface area contributed by atoms with E-state index in [0.717, 1.165) is 0 Å². The zero-order valence-electron chi connectivity index (χ0n) is 9.89. The fraction of sp³-hybridized carbons (Fsp3) is 1.00. The summed E-state index contributed by atoms with van der Waals surface area (Å²) in [5.41, 5.74) is 0. The summed E-state index contributed by atoms with van der Waals surface area (Å²) < 4.78 is 5.42. The van der Waals surface area contributed by atoms with Gasteiger partial charge in [0, 0.05) is 0 Å². The van der Waals surface area contributed by atoms with E-state index in [1.165, 1.54) is 0 Å². The van der Waals surface area contributed by atoms with E-state index in [1.807, 2.05) is 0 Å². The van der Waals surface area contributed by atoms with Crippen LogP contribution in [0.2, 0.25) is 8.37 Å². The molecule has 3 heteroatoms. The van der Waals surface area contributed by atoms with E-state index in [0.29, 0.717) is 3.43 Å². The van der Waals surface area contributed by atoms with Crippen LogP contribution in [0.4, 0.5) is 0 Å². The monoisotopic (exact) mass is 280 g/mol. The van der Waals surface area contributed by atoms with Gasteiger partial charge in [-0.2, -0.15) is 0 Å². The van der Waals surface area contributed by atoms with Gasteiger partial charge in [-0.15, -0.1) is 0 Å². The van der Waals surface area contributed by atoms with Crippen molar-refractivity contribution < 1.29 is 0 Å². The van der Waals surface area contributed by atoms with Crippen molar-refractivity contribution in [2.24, 2.45) is 0 Å². The third-order valence-corrected chi connectivity index (χ3v) is 21.2. The third-order valence-electron chi connectivity index (χ3n) is 3.16. The molecule has 0 rings (SSSR count). The van der Waals surface area contributed by atoms with Crippen LogP contribution in [0.25, 0.3) is 0 Å². The average Bonchev–Trinajstić information content (AvgIpc) is 1.82. The molecule has 0 aliphatic heterocycles. The summed E-state index contributed by atoms with van der Waals surface area (Å²) >= 11 is -2.23. The number of hydrogen-bond acceptors (Lipinski definition) is 2. The van der Waals surface area contributed by atoms with Crippen molar-refractivity contribution >= 4 is 18.9 Å². The van der Waals surface area contributed by atoms with E-state index in [1.54, 1.807) is 0 Å². The van der Waals surface area contributed by atoms with Crippen LogP contribution in [0.1, 0.15) is 20.8 Å². The average molecular weight is 279 g/mol. The van der Waals surface area contributed by atoms with Gasteiger partial charge in [-0.05, 0) is 0 Å². The van der Waals surface area contributed by atoms with Crippen molar-refractivity contribution in [3.05, 3.63) is 0 Å². The first-order valence-corrected chi connectivity index (χ1v) is 11.3. The minimum absolute atomic E-state index is 0.460. The summed E-state index contributed by atoms with van der Waals surface area (Å²) in [7, 11) is 8.89. The van der Waals surface area contributed by atoms with Crippen LogP contribution in [0.15, 0.2) is 0 Å². The topological polar surface area (TPSA) is 6.48 Å². The molecule has 0 atom stereocenters. The Hall–Kier alpha value is 0.719. The Labute approximate surface area is 82.5 Å². The van der Waals surface area contributed by atoms with Crippen molar-refractivity contribution in [2.45, 2.75) is 29.1 Å². The minimum atomic E-state index is -2.23. The summed E-state index contributed by atoms with van der Waals surface area (Å²) in [5.74, 6) is 0. The maximum absolute atomic E-state index is 2.48. The van der Waals surface area contributed by atoms with Crippen molar-refractivity contribution in [1.29, 1.82) is 0 Å². The molecule has 0 heterocycles. The molecule has 0 N–H and O–H groups in total. The molecule has 0 aromatic carbocycles. The molecule has 0 spiro atoms. The Balaban J connectivity index is 4.89. The van der Waals surface area contributed by atoms with Gasteiger partial charge in [0.05, 0.1) is 0 Å².